The van der Waals surface area contributed by atoms with Gasteiger partial charge >= 0.3 is 0 Å². The molecule has 1 aliphatic rings. The molecule has 4 rings (SSSR count). The molecule has 0 saturated carbocycles. The molecule has 170 valence electrons. The Morgan fingerprint density at radius 2 is 1.58 bits per heavy atom. The van der Waals surface area contributed by atoms with Gasteiger partial charge in [-0.2, -0.15) is 5.26 Å². The number of nitrogens with zero attached hydrogens (tertiary/aromatic N) is 2. The predicted molar refractivity (Wildman–Crippen MR) is 132 cm³/mol. The molecule has 5 nitrogen and oxygen atoms in total. The highest BCUT2D eigenvalue weighted by atomic mass is 16.5. The highest BCUT2D eigenvalue weighted by Crippen LogP contribution is 2.30. The number of hydrogen-bond acceptors (Lipinski definition) is 5. The largest absolute Gasteiger partial charge is 0.494 e. The maximum absolute atomic E-state index is 8.95. The van der Waals surface area contributed by atoms with Crippen molar-refractivity contribution in [1.29, 1.82) is 5.26 Å². The van der Waals surface area contributed by atoms with Crippen molar-refractivity contribution in [2.45, 2.75) is 32.2 Å². The Morgan fingerprint density at radius 1 is 0.848 bits per heavy atom. The van der Waals surface area contributed by atoms with Crippen LogP contribution in [-0.4, -0.2) is 31.1 Å². The lowest BCUT2D eigenvalue weighted by molar-refractivity contribution is 0.205. The molecule has 1 saturated heterocycles. The van der Waals surface area contributed by atoms with Gasteiger partial charge in [0.1, 0.15) is 11.5 Å². The summed E-state index contributed by atoms with van der Waals surface area (Å²) >= 11 is 0. The maximum Gasteiger partial charge on any atom is 0.150 e. The number of benzene rings is 3. The van der Waals surface area contributed by atoms with Crippen LogP contribution in [0.1, 0.15) is 36.8 Å². The smallest absolute Gasteiger partial charge is 0.150 e. The van der Waals surface area contributed by atoms with Crippen LogP contribution >= 0.6 is 0 Å². The minimum atomic E-state index is 0.614. The molecule has 0 aliphatic carbocycles. The van der Waals surface area contributed by atoms with Crippen LogP contribution in [0.3, 0.4) is 0 Å². The summed E-state index contributed by atoms with van der Waals surface area (Å²) in [5.74, 6) is 2.36. The monoisotopic (exact) mass is 441 g/mol. The molecule has 0 radical (unpaired) electrons. The van der Waals surface area contributed by atoms with E-state index in [2.05, 4.69) is 28.4 Å². The van der Waals surface area contributed by atoms with E-state index in [0.717, 1.165) is 36.8 Å². The third-order valence-corrected chi connectivity index (χ3v) is 5.84. The van der Waals surface area contributed by atoms with E-state index < -0.39 is 0 Å². The molecule has 3 aromatic rings. The fourth-order valence-electron chi connectivity index (χ4n) is 3.99. The molecule has 1 N–H and O–H groups in total. The first-order valence-corrected chi connectivity index (χ1v) is 11.8. The number of rotatable bonds is 10. The van der Waals surface area contributed by atoms with Gasteiger partial charge in [-0.3, -0.25) is 0 Å². The van der Waals surface area contributed by atoms with Crippen LogP contribution in [0.25, 0.3) is 0 Å². The molecule has 0 spiro atoms. The Bertz CT molecular complexity index is 1040. The fourth-order valence-corrected chi connectivity index (χ4v) is 3.99. The molecule has 0 amide bonds. The van der Waals surface area contributed by atoms with Crippen LogP contribution in [-0.2, 0) is 6.54 Å². The van der Waals surface area contributed by atoms with Gasteiger partial charge in [0.2, 0.25) is 0 Å². The Morgan fingerprint density at radius 3 is 2.33 bits per heavy atom. The maximum atomic E-state index is 8.95. The molecule has 0 aromatic heterocycles. The number of ether oxygens (including phenoxy) is 2. The SMILES string of the molecule is N#Cc1ccc(Oc2ccccc2NCc2ccc(OCCCN3CCCCC3)cc2)cc1. The zero-order valence-corrected chi connectivity index (χ0v) is 19.0. The van der Waals surface area contributed by atoms with E-state index in [9.17, 15) is 0 Å². The highest BCUT2D eigenvalue weighted by Gasteiger charge is 2.09. The van der Waals surface area contributed by atoms with E-state index in [0.29, 0.717) is 17.9 Å². The van der Waals surface area contributed by atoms with E-state index in [1.165, 1.54) is 37.9 Å². The lowest BCUT2D eigenvalue weighted by Gasteiger charge is -2.26. The summed E-state index contributed by atoms with van der Waals surface area (Å²) in [6.45, 7) is 5.05. The molecular weight excluding hydrogens is 410 g/mol. The number of para-hydroxylation sites is 2. The Labute approximate surface area is 196 Å². The van der Waals surface area contributed by atoms with E-state index in [4.69, 9.17) is 14.7 Å². The normalized spacial score (nSPS) is 13.8. The van der Waals surface area contributed by atoms with Crippen LogP contribution in [0.2, 0.25) is 0 Å². The van der Waals surface area contributed by atoms with Crippen molar-refractivity contribution in [3.63, 3.8) is 0 Å². The minimum Gasteiger partial charge on any atom is -0.494 e. The van der Waals surface area contributed by atoms with E-state index in [-0.39, 0.29) is 0 Å². The first kappa shape index (κ1) is 22.7. The molecule has 5 heteroatoms. The summed E-state index contributed by atoms with van der Waals surface area (Å²) in [6.07, 6.45) is 5.12. The van der Waals surface area contributed by atoms with Crippen molar-refractivity contribution >= 4 is 5.69 Å². The second-order valence-electron chi connectivity index (χ2n) is 8.34. The molecule has 0 bridgehead atoms. The Balaban J connectivity index is 1.24. The summed E-state index contributed by atoms with van der Waals surface area (Å²) in [6, 6.07) is 25.4. The lowest BCUT2D eigenvalue weighted by Crippen LogP contribution is -2.31. The zero-order valence-electron chi connectivity index (χ0n) is 19.0. The average molecular weight is 442 g/mol. The number of nitriles is 1. The standard InChI is InChI=1S/C28H31N3O2/c29-21-23-9-15-26(16-10-23)33-28-8-3-2-7-27(28)30-22-24-11-13-25(14-12-24)32-20-6-19-31-17-4-1-5-18-31/h2-3,7-16,30H,1,4-6,17-20,22H2. The molecule has 1 heterocycles. The van der Waals surface area contributed by atoms with Crippen LogP contribution in [0.4, 0.5) is 5.69 Å². The van der Waals surface area contributed by atoms with Crippen molar-refractivity contribution in [2.75, 3.05) is 31.6 Å². The van der Waals surface area contributed by atoms with Crippen LogP contribution in [0, 0.1) is 11.3 Å². The summed E-state index contributed by atoms with van der Waals surface area (Å²) in [4.78, 5) is 2.55. The predicted octanol–water partition coefficient (Wildman–Crippen LogP) is 6.22. The second-order valence-corrected chi connectivity index (χ2v) is 8.34. The molecule has 33 heavy (non-hydrogen) atoms. The van der Waals surface area contributed by atoms with Gasteiger partial charge in [0, 0.05) is 13.1 Å². The van der Waals surface area contributed by atoms with Gasteiger partial charge in [-0.15, -0.1) is 0 Å². The number of anilines is 1. The summed E-state index contributed by atoms with van der Waals surface area (Å²) in [7, 11) is 0. The first-order chi connectivity index (χ1) is 16.3. The van der Waals surface area contributed by atoms with Crippen LogP contribution < -0.4 is 14.8 Å². The number of nitrogens with one attached hydrogen (secondary N) is 1. The number of hydrogen-bond donors (Lipinski definition) is 1. The van der Waals surface area contributed by atoms with Crippen molar-refractivity contribution < 1.29 is 9.47 Å². The third-order valence-electron chi connectivity index (χ3n) is 5.84. The fraction of sp³-hybridized carbons (Fsp3) is 0.321. The van der Waals surface area contributed by atoms with Gasteiger partial charge in [0.15, 0.2) is 5.75 Å². The van der Waals surface area contributed by atoms with Gasteiger partial charge < -0.3 is 19.7 Å². The summed E-state index contributed by atoms with van der Waals surface area (Å²) < 4.78 is 11.9. The average Bonchev–Trinajstić information content (AvgIpc) is 2.88. The quantitative estimate of drug-likeness (QED) is 0.379. The van der Waals surface area contributed by atoms with Crippen LogP contribution in [0.5, 0.6) is 17.2 Å². The van der Waals surface area contributed by atoms with Crippen molar-refractivity contribution in [3.05, 3.63) is 83.9 Å². The Hall–Kier alpha value is -3.49. The van der Waals surface area contributed by atoms with E-state index >= 15 is 0 Å². The van der Waals surface area contributed by atoms with Gasteiger partial charge in [-0.1, -0.05) is 30.7 Å². The molecule has 3 aromatic carbocycles. The zero-order chi connectivity index (χ0) is 22.7. The second kappa shape index (κ2) is 11.9. The molecule has 1 fully saturated rings. The highest BCUT2D eigenvalue weighted by molar-refractivity contribution is 5.58. The van der Waals surface area contributed by atoms with Gasteiger partial charge in [-0.05, 0) is 86.4 Å². The van der Waals surface area contributed by atoms with E-state index in [1.807, 2.05) is 36.4 Å². The number of piperidine rings is 1. The molecule has 0 unspecified atom stereocenters. The first-order valence-electron chi connectivity index (χ1n) is 11.8. The van der Waals surface area contributed by atoms with Gasteiger partial charge in [0.25, 0.3) is 0 Å². The van der Waals surface area contributed by atoms with E-state index in [1.54, 1.807) is 24.3 Å². The van der Waals surface area contributed by atoms with Crippen molar-refractivity contribution in [1.82, 2.24) is 4.90 Å². The third kappa shape index (κ3) is 7.00. The summed E-state index contributed by atoms with van der Waals surface area (Å²) in [5, 5.41) is 12.4. The number of likely N-dealkylation sites (tertiary alicyclic amines) is 1. The van der Waals surface area contributed by atoms with Crippen molar-refractivity contribution in [3.8, 4) is 23.3 Å². The lowest BCUT2D eigenvalue weighted by atomic mass is 10.1. The molecule has 1 aliphatic heterocycles. The van der Waals surface area contributed by atoms with Crippen molar-refractivity contribution in [2.24, 2.45) is 0 Å². The molecule has 0 atom stereocenters. The van der Waals surface area contributed by atoms with Crippen LogP contribution in [0.15, 0.2) is 72.8 Å². The topological polar surface area (TPSA) is 57.5 Å². The minimum absolute atomic E-state index is 0.614. The van der Waals surface area contributed by atoms with Gasteiger partial charge in [0.05, 0.1) is 23.9 Å². The summed E-state index contributed by atoms with van der Waals surface area (Å²) in [5.41, 5.74) is 2.70. The van der Waals surface area contributed by atoms with Gasteiger partial charge in [-0.25, -0.2) is 0 Å². The molecular formula is C28H31N3O2. The Kier molecular flexibility index (Phi) is 8.21.